The Balaban J connectivity index is 0.00000361. The zero-order valence-corrected chi connectivity index (χ0v) is 15.8. The van der Waals surface area contributed by atoms with Gasteiger partial charge in [-0.1, -0.05) is 20.8 Å². The first-order valence-electron chi connectivity index (χ1n) is 5.79. The van der Waals surface area contributed by atoms with E-state index in [1.165, 1.54) is 7.11 Å². The average molecular weight is 434 g/mol. The molecule has 0 aliphatic heterocycles. The van der Waals surface area contributed by atoms with E-state index in [9.17, 15) is 10.2 Å². The van der Waals surface area contributed by atoms with Crippen molar-refractivity contribution in [2.45, 2.75) is 32.9 Å². The summed E-state index contributed by atoms with van der Waals surface area (Å²) in [4.78, 5) is 0. The van der Waals surface area contributed by atoms with Crippen LogP contribution in [0, 0.1) is 5.41 Å². The topological polar surface area (TPSA) is 75.7 Å². The van der Waals surface area contributed by atoms with E-state index in [1.54, 1.807) is 6.07 Å². The van der Waals surface area contributed by atoms with E-state index in [-0.39, 0.29) is 23.6 Å². The lowest BCUT2D eigenvalue weighted by molar-refractivity contribution is 0.0398. The molecule has 2 atom stereocenters. The second-order valence-corrected chi connectivity index (χ2v) is 7.07. The van der Waals surface area contributed by atoms with Gasteiger partial charge < -0.3 is 20.7 Å². The predicted molar refractivity (Wildman–Crippen MR) is 89.7 cm³/mol. The third kappa shape index (κ3) is 4.01. The Morgan fingerprint density at radius 1 is 1.25 bits per heavy atom. The number of ether oxygens (including phenoxy) is 1. The Labute approximate surface area is 142 Å². The zero-order valence-electron chi connectivity index (χ0n) is 11.8. The van der Waals surface area contributed by atoms with Crippen molar-refractivity contribution in [3.63, 3.8) is 0 Å². The minimum Gasteiger partial charge on any atom is -0.503 e. The third-order valence-corrected chi connectivity index (χ3v) is 5.14. The van der Waals surface area contributed by atoms with E-state index in [0.717, 1.165) is 0 Å². The SMILES string of the molecule is COc1cc([C@@H](N)[C@@H](O)C(C)(C)C)c(Br)c(Br)c1O.Cl. The number of phenols is 1. The molecular weight excluding hydrogens is 413 g/mol. The number of aliphatic hydroxyl groups excluding tert-OH is 1. The molecule has 0 heterocycles. The van der Waals surface area contributed by atoms with Crippen LogP contribution in [-0.4, -0.2) is 23.4 Å². The van der Waals surface area contributed by atoms with Gasteiger partial charge in [0.05, 0.1) is 23.7 Å². The number of halogens is 3. The van der Waals surface area contributed by atoms with Crippen LogP contribution >= 0.6 is 44.3 Å². The minimum absolute atomic E-state index is 0. The van der Waals surface area contributed by atoms with Gasteiger partial charge in [-0.25, -0.2) is 0 Å². The van der Waals surface area contributed by atoms with Gasteiger partial charge in [0.2, 0.25) is 0 Å². The first-order valence-corrected chi connectivity index (χ1v) is 7.38. The van der Waals surface area contributed by atoms with Crippen molar-refractivity contribution in [3.8, 4) is 11.5 Å². The summed E-state index contributed by atoms with van der Waals surface area (Å²) in [5.74, 6) is 0.303. The van der Waals surface area contributed by atoms with Gasteiger partial charge in [-0.05, 0) is 48.9 Å². The highest BCUT2D eigenvalue weighted by atomic mass is 79.9. The van der Waals surface area contributed by atoms with Gasteiger partial charge in [-0.15, -0.1) is 12.4 Å². The lowest BCUT2D eigenvalue weighted by Crippen LogP contribution is -2.37. The van der Waals surface area contributed by atoms with E-state index in [1.807, 2.05) is 20.8 Å². The van der Waals surface area contributed by atoms with Crippen LogP contribution in [0.25, 0.3) is 0 Å². The lowest BCUT2D eigenvalue weighted by Gasteiger charge is -2.31. The Morgan fingerprint density at radius 2 is 1.75 bits per heavy atom. The quantitative estimate of drug-likeness (QED) is 0.679. The molecule has 0 spiro atoms. The van der Waals surface area contributed by atoms with Gasteiger partial charge in [0.25, 0.3) is 0 Å². The van der Waals surface area contributed by atoms with Gasteiger partial charge in [-0.2, -0.15) is 0 Å². The molecule has 4 nitrogen and oxygen atoms in total. The molecule has 1 aromatic rings. The minimum atomic E-state index is -0.732. The number of nitrogens with two attached hydrogens (primary N) is 1. The number of aromatic hydroxyl groups is 1. The predicted octanol–water partition coefficient (Wildman–Crippen LogP) is 3.75. The second-order valence-electron chi connectivity index (χ2n) is 5.48. The number of methoxy groups -OCH3 is 1. The zero-order chi connectivity index (χ0) is 15.0. The van der Waals surface area contributed by atoms with Crippen LogP contribution < -0.4 is 10.5 Å². The van der Waals surface area contributed by atoms with Crippen molar-refractivity contribution in [1.82, 2.24) is 0 Å². The summed E-state index contributed by atoms with van der Waals surface area (Å²) >= 11 is 6.65. The summed E-state index contributed by atoms with van der Waals surface area (Å²) in [5, 5.41) is 20.2. The summed E-state index contributed by atoms with van der Waals surface area (Å²) in [5.41, 5.74) is 6.45. The van der Waals surface area contributed by atoms with Crippen molar-refractivity contribution in [2.75, 3.05) is 7.11 Å². The fraction of sp³-hybridized carbons (Fsp3) is 0.538. The molecule has 116 valence electrons. The molecule has 4 N–H and O–H groups in total. The fourth-order valence-corrected chi connectivity index (χ4v) is 2.71. The summed E-state index contributed by atoms with van der Waals surface area (Å²) in [6.07, 6.45) is -0.732. The first kappa shape index (κ1) is 20.0. The molecule has 0 amide bonds. The van der Waals surface area contributed by atoms with E-state index >= 15 is 0 Å². The Bertz CT molecular complexity index is 478. The van der Waals surface area contributed by atoms with Gasteiger partial charge in [0.15, 0.2) is 11.5 Å². The van der Waals surface area contributed by atoms with Crippen LogP contribution in [0.15, 0.2) is 15.0 Å². The highest BCUT2D eigenvalue weighted by Crippen LogP contribution is 2.44. The highest BCUT2D eigenvalue weighted by Gasteiger charge is 2.31. The molecule has 0 saturated heterocycles. The average Bonchev–Trinajstić information content (AvgIpc) is 2.33. The molecule has 0 bridgehead atoms. The van der Waals surface area contributed by atoms with Crippen molar-refractivity contribution >= 4 is 44.3 Å². The number of phenolic OH excluding ortho intramolecular Hbond substituents is 1. The van der Waals surface area contributed by atoms with Gasteiger partial charge in [-0.3, -0.25) is 0 Å². The summed E-state index contributed by atoms with van der Waals surface area (Å²) in [6.45, 7) is 5.74. The maximum Gasteiger partial charge on any atom is 0.173 e. The normalized spacial score (nSPS) is 14.4. The lowest BCUT2D eigenvalue weighted by atomic mass is 9.82. The molecule has 0 fully saturated rings. The van der Waals surface area contributed by atoms with Gasteiger partial charge >= 0.3 is 0 Å². The van der Waals surface area contributed by atoms with Crippen molar-refractivity contribution < 1.29 is 14.9 Å². The molecule has 0 aliphatic rings. The summed E-state index contributed by atoms with van der Waals surface area (Å²) < 4.78 is 6.17. The smallest absolute Gasteiger partial charge is 0.173 e. The summed E-state index contributed by atoms with van der Waals surface area (Å²) in [6, 6.07) is 1.03. The molecule has 20 heavy (non-hydrogen) atoms. The molecule has 0 saturated carbocycles. The standard InChI is InChI=1S/C13H19Br2NO3.ClH/c1-13(2,3)12(18)10(16)6-5-7(19-4)11(17)9(15)8(6)14;/h5,10,12,17-18H,16H2,1-4H3;1H/t10-,12-;/m1./s1. The number of hydrogen-bond donors (Lipinski definition) is 3. The molecule has 0 aliphatic carbocycles. The molecule has 1 aromatic carbocycles. The Kier molecular flexibility index (Phi) is 7.31. The van der Waals surface area contributed by atoms with Gasteiger partial charge in [0.1, 0.15) is 0 Å². The molecule has 0 radical (unpaired) electrons. The van der Waals surface area contributed by atoms with Crippen LogP contribution in [-0.2, 0) is 0 Å². The van der Waals surface area contributed by atoms with Crippen LogP contribution in [0.3, 0.4) is 0 Å². The maximum absolute atomic E-state index is 10.3. The van der Waals surface area contributed by atoms with E-state index in [4.69, 9.17) is 10.5 Å². The Hall–Kier alpha value is -0.0100. The highest BCUT2D eigenvalue weighted by molar-refractivity contribution is 9.13. The van der Waals surface area contributed by atoms with Crippen LogP contribution in [0.1, 0.15) is 32.4 Å². The number of rotatable bonds is 3. The van der Waals surface area contributed by atoms with E-state index < -0.39 is 12.1 Å². The molecular formula is C13H20Br2ClNO3. The second kappa shape index (κ2) is 7.31. The molecule has 7 heteroatoms. The van der Waals surface area contributed by atoms with Gasteiger partial charge in [0, 0.05) is 4.47 Å². The maximum atomic E-state index is 10.3. The van der Waals surface area contributed by atoms with Crippen molar-refractivity contribution in [1.29, 1.82) is 0 Å². The first-order chi connectivity index (χ1) is 8.61. The van der Waals surface area contributed by atoms with Crippen LogP contribution in [0.2, 0.25) is 0 Å². The van der Waals surface area contributed by atoms with E-state index in [2.05, 4.69) is 31.9 Å². The third-order valence-electron chi connectivity index (χ3n) is 2.98. The number of benzene rings is 1. The van der Waals surface area contributed by atoms with Crippen LogP contribution in [0.5, 0.6) is 11.5 Å². The Morgan fingerprint density at radius 3 is 2.15 bits per heavy atom. The summed E-state index contributed by atoms with van der Waals surface area (Å²) in [7, 11) is 1.46. The van der Waals surface area contributed by atoms with Crippen molar-refractivity contribution in [3.05, 3.63) is 20.6 Å². The number of aliphatic hydroxyl groups is 1. The monoisotopic (exact) mass is 431 g/mol. The molecule has 0 aromatic heterocycles. The number of hydrogen-bond acceptors (Lipinski definition) is 4. The largest absolute Gasteiger partial charge is 0.503 e. The fourth-order valence-electron chi connectivity index (χ4n) is 1.72. The van der Waals surface area contributed by atoms with Crippen molar-refractivity contribution in [2.24, 2.45) is 11.1 Å². The van der Waals surface area contributed by atoms with Crippen LogP contribution in [0.4, 0.5) is 0 Å². The van der Waals surface area contributed by atoms with E-state index in [0.29, 0.717) is 20.3 Å². The molecule has 0 unspecified atom stereocenters. The molecule has 1 rings (SSSR count).